The fourth-order valence-corrected chi connectivity index (χ4v) is 3.52. The molecule has 0 saturated heterocycles. The van der Waals surface area contributed by atoms with Gasteiger partial charge >= 0.3 is 0 Å². The summed E-state index contributed by atoms with van der Waals surface area (Å²) in [4.78, 5) is 0. The molecule has 0 amide bonds. The molecular formula is C23H25N3. The molecule has 0 atom stereocenters. The molecule has 0 bridgehead atoms. The lowest BCUT2D eigenvalue weighted by molar-refractivity contribution is 0.967. The highest BCUT2D eigenvalue weighted by Crippen LogP contribution is 2.34. The molecule has 0 spiro atoms. The summed E-state index contributed by atoms with van der Waals surface area (Å²) in [6.07, 6.45) is 9.41. The first-order valence-corrected chi connectivity index (χ1v) is 9.15. The number of rotatable bonds is 3. The Kier molecular flexibility index (Phi) is 5.37. The van der Waals surface area contributed by atoms with Gasteiger partial charge in [0.15, 0.2) is 0 Å². The maximum Gasteiger partial charge on any atom is 0.0537 e. The SMILES string of the molecule is CC.N=C/C(=C\N)c1cccc(-n2c3c(c4ccccc42)CCC=C3)c1. The van der Waals surface area contributed by atoms with Crippen LogP contribution in [0.5, 0.6) is 0 Å². The van der Waals surface area contributed by atoms with Crippen molar-refractivity contribution in [2.45, 2.75) is 26.7 Å². The lowest BCUT2D eigenvalue weighted by atomic mass is 10.0. The molecule has 26 heavy (non-hydrogen) atoms. The molecule has 1 aromatic heterocycles. The van der Waals surface area contributed by atoms with Crippen LogP contribution >= 0.6 is 0 Å². The Morgan fingerprint density at radius 1 is 1.12 bits per heavy atom. The second-order valence-corrected chi connectivity index (χ2v) is 5.97. The van der Waals surface area contributed by atoms with Crippen molar-refractivity contribution in [1.82, 2.24) is 4.57 Å². The lowest BCUT2D eigenvalue weighted by Gasteiger charge is -2.13. The molecule has 4 rings (SSSR count). The highest BCUT2D eigenvalue weighted by Gasteiger charge is 2.18. The number of nitrogens with zero attached hydrogens (tertiary/aromatic N) is 1. The smallest absolute Gasteiger partial charge is 0.0537 e. The van der Waals surface area contributed by atoms with Gasteiger partial charge in [-0.15, -0.1) is 0 Å². The van der Waals surface area contributed by atoms with Crippen molar-refractivity contribution in [2.24, 2.45) is 5.73 Å². The first-order chi connectivity index (χ1) is 12.8. The summed E-state index contributed by atoms with van der Waals surface area (Å²) < 4.78 is 2.31. The third-order valence-corrected chi connectivity index (χ3v) is 4.63. The Hall–Kier alpha value is -3.07. The molecule has 3 nitrogen and oxygen atoms in total. The largest absolute Gasteiger partial charge is 0.404 e. The van der Waals surface area contributed by atoms with E-state index in [0.717, 1.165) is 29.7 Å². The summed E-state index contributed by atoms with van der Waals surface area (Å²) in [5.74, 6) is 0. The van der Waals surface area contributed by atoms with E-state index in [-0.39, 0.29) is 0 Å². The average Bonchev–Trinajstić information content (AvgIpc) is 3.05. The van der Waals surface area contributed by atoms with Gasteiger partial charge in [-0.05, 0) is 48.2 Å². The molecule has 3 aromatic rings. The van der Waals surface area contributed by atoms with Gasteiger partial charge in [-0.3, -0.25) is 0 Å². The third-order valence-electron chi connectivity index (χ3n) is 4.63. The summed E-state index contributed by atoms with van der Waals surface area (Å²) in [5.41, 5.74) is 12.3. The van der Waals surface area contributed by atoms with Gasteiger partial charge in [0.2, 0.25) is 0 Å². The maximum absolute atomic E-state index is 7.53. The Bertz CT molecular complexity index is 990. The first kappa shape index (κ1) is 17.7. The summed E-state index contributed by atoms with van der Waals surface area (Å²) in [6.45, 7) is 4.00. The van der Waals surface area contributed by atoms with Crippen LogP contribution in [0.1, 0.15) is 37.1 Å². The van der Waals surface area contributed by atoms with Crippen molar-refractivity contribution in [2.75, 3.05) is 0 Å². The molecule has 1 aliphatic rings. The summed E-state index contributed by atoms with van der Waals surface area (Å²) in [6, 6.07) is 16.8. The minimum Gasteiger partial charge on any atom is -0.404 e. The molecule has 0 fully saturated rings. The average molecular weight is 343 g/mol. The van der Waals surface area contributed by atoms with E-state index in [1.807, 2.05) is 26.0 Å². The van der Waals surface area contributed by atoms with Gasteiger partial charge in [0, 0.05) is 34.8 Å². The number of aromatic nitrogens is 1. The van der Waals surface area contributed by atoms with Gasteiger partial charge in [-0.25, -0.2) is 0 Å². The van der Waals surface area contributed by atoms with E-state index in [2.05, 4.69) is 53.1 Å². The molecule has 132 valence electrons. The molecule has 0 radical (unpaired) electrons. The van der Waals surface area contributed by atoms with Crippen molar-refractivity contribution in [1.29, 1.82) is 5.41 Å². The van der Waals surface area contributed by atoms with E-state index in [1.165, 1.54) is 34.6 Å². The van der Waals surface area contributed by atoms with Crippen LogP contribution in [-0.2, 0) is 6.42 Å². The number of allylic oxidation sites excluding steroid dienone is 2. The minimum absolute atomic E-state index is 0.720. The van der Waals surface area contributed by atoms with E-state index >= 15 is 0 Å². The zero-order valence-corrected chi connectivity index (χ0v) is 15.4. The van der Waals surface area contributed by atoms with E-state index in [1.54, 1.807) is 0 Å². The summed E-state index contributed by atoms with van der Waals surface area (Å²) in [5, 5.41) is 8.86. The van der Waals surface area contributed by atoms with Crippen LogP contribution in [0.3, 0.4) is 0 Å². The van der Waals surface area contributed by atoms with E-state index < -0.39 is 0 Å². The van der Waals surface area contributed by atoms with Crippen LogP contribution in [0.25, 0.3) is 28.2 Å². The minimum atomic E-state index is 0.720. The number of benzene rings is 2. The summed E-state index contributed by atoms with van der Waals surface area (Å²) in [7, 11) is 0. The first-order valence-electron chi connectivity index (χ1n) is 9.15. The Labute approximate surface area is 155 Å². The standard InChI is InChI=1S/C21H19N3.C2H6/c22-13-16(14-23)15-6-5-7-17(12-15)24-20-10-3-1-8-18(20)19-9-2-4-11-21(19)24;1-2/h1,3-8,10-14,22H,2,9,23H2;1-2H3/b16-14+,22-13?;. The van der Waals surface area contributed by atoms with Gasteiger partial charge in [0.1, 0.15) is 0 Å². The number of nitrogens with two attached hydrogens (primary N) is 1. The second kappa shape index (κ2) is 7.87. The zero-order valence-electron chi connectivity index (χ0n) is 15.4. The fraction of sp³-hybridized carbons (Fsp3) is 0.174. The van der Waals surface area contributed by atoms with Crippen LogP contribution in [0.4, 0.5) is 0 Å². The molecular weight excluding hydrogens is 318 g/mol. The number of aryl methyl sites for hydroxylation is 1. The van der Waals surface area contributed by atoms with Gasteiger partial charge < -0.3 is 15.7 Å². The van der Waals surface area contributed by atoms with Gasteiger partial charge in [0.25, 0.3) is 0 Å². The molecule has 0 saturated carbocycles. The van der Waals surface area contributed by atoms with Crippen molar-refractivity contribution in [3.8, 4) is 5.69 Å². The van der Waals surface area contributed by atoms with Crippen molar-refractivity contribution < 1.29 is 0 Å². The highest BCUT2D eigenvalue weighted by atomic mass is 15.0. The maximum atomic E-state index is 7.53. The van der Waals surface area contributed by atoms with E-state index in [4.69, 9.17) is 11.1 Å². The van der Waals surface area contributed by atoms with Crippen molar-refractivity contribution in [3.63, 3.8) is 0 Å². The third kappa shape index (κ3) is 2.97. The number of fused-ring (bicyclic) bond motifs is 3. The highest BCUT2D eigenvalue weighted by molar-refractivity contribution is 6.08. The molecule has 1 heterocycles. The summed E-state index contributed by atoms with van der Waals surface area (Å²) >= 11 is 0. The number of para-hydroxylation sites is 1. The predicted octanol–water partition coefficient (Wildman–Crippen LogP) is 5.57. The number of hydrogen-bond acceptors (Lipinski definition) is 2. The number of hydrogen-bond donors (Lipinski definition) is 2. The van der Waals surface area contributed by atoms with Crippen LogP contribution in [-0.4, -0.2) is 10.8 Å². The normalized spacial score (nSPS) is 13.1. The van der Waals surface area contributed by atoms with Gasteiger partial charge in [-0.2, -0.15) is 0 Å². The van der Waals surface area contributed by atoms with Crippen molar-refractivity contribution in [3.05, 3.63) is 77.6 Å². The lowest BCUT2D eigenvalue weighted by Crippen LogP contribution is -2.01. The van der Waals surface area contributed by atoms with Crippen LogP contribution in [0, 0.1) is 5.41 Å². The predicted molar refractivity (Wildman–Crippen MR) is 113 cm³/mol. The van der Waals surface area contributed by atoms with Crippen molar-refractivity contribution >= 4 is 28.8 Å². The quantitative estimate of drug-likeness (QED) is 0.601. The fourth-order valence-electron chi connectivity index (χ4n) is 3.52. The molecule has 0 aliphatic heterocycles. The van der Waals surface area contributed by atoms with E-state index in [0.29, 0.717) is 0 Å². The Balaban J connectivity index is 0.000000948. The molecule has 0 unspecified atom stereocenters. The zero-order chi connectivity index (χ0) is 18.5. The second-order valence-electron chi connectivity index (χ2n) is 5.97. The monoisotopic (exact) mass is 343 g/mol. The van der Waals surface area contributed by atoms with Crippen LogP contribution in [0.15, 0.2) is 60.8 Å². The van der Waals surface area contributed by atoms with E-state index in [9.17, 15) is 0 Å². The Morgan fingerprint density at radius 2 is 1.92 bits per heavy atom. The molecule has 3 heteroatoms. The topological polar surface area (TPSA) is 54.8 Å². The van der Waals surface area contributed by atoms with Gasteiger partial charge in [0.05, 0.1) is 5.52 Å². The molecule has 3 N–H and O–H groups in total. The van der Waals surface area contributed by atoms with Crippen LogP contribution in [0.2, 0.25) is 0 Å². The molecule has 1 aliphatic carbocycles. The van der Waals surface area contributed by atoms with Crippen LogP contribution < -0.4 is 5.73 Å². The number of nitrogens with one attached hydrogen (secondary N) is 1. The van der Waals surface area contributed by atoms with Gasteiger partial charge in [-0.1, -0.05) is 50.3 Å². The Morgan fingerprint density at radius 3 is 2.69 bits per heavy atom. The molecule has 2 aromatic carbocycles.